The van der Waals surface area contributed by atoms with E-state index in [9.17, 15) is 4.79 Å². The third kappa shape index (κ3) is 3.74. The van der Waals surface area contributed by atoms with E-state index >= 15 is 0 Å². The Morgan fingerprint density at radius 2 is 2.00 bits per heavy atom. The molecule has 100 valence electrons. The highest BCUT2D eigenvalue weighted by atomic mass is 16.5. The first kappa shape index (κ1) is 14.5. The fourth-order valence-corrected chi connectivity index (χ4v) is 1.89. The molecule has 0 bridgehead atoms. The van der Waals surface area contributed by atoms with Gasteiger partial charge in [0.05, 0.1) is 20.8 Å². The maximum absolute atomic E-state index is 10.4. The molecule has 0 heterocycles. The van der Waals surface area contributed by atoms with E-state index in [4.69, 9.17) is 9.47 Å². The summed E-state index contributed by atoms with van der Waals surface area (Å²) in [4.78, 5) is 12.4. The van der Waals surface area contributed by atoms with Gasteiger partial charge in [0.15, 0.2) is 0 Å². The van der Waals surface area contributed by atoms with Gasteiger partial charge in [-0.15, -0.1) is 0 Å². The highest BCUT2D eigenvalue weighted by molar-refractivity contribution is 5.52. The summed E-state index contributed by atoms with van der Waals surface area (Å²) >= 11 is 0. The molecular weight excluding hydrogens is 230 g/mol. The molecule has 0 saturated heterocycles. The van der Waals surface area contributed by atoms with Crippen molar-refractivity contribution in [1.82, 2.24) is 4.90 Å². The summed E-state index contributed by atoms with van der Waals surface area (Å²) in [5, 5.41) is 0. The molecule has 0 aromatic heterocycles. The number of hydrogen-bond donors (Lipinski definition) is 0. The minimum absolute atomic E-state index is 0.456. The predicted molar refractivity (Wildman–Crippen MR) is 71.5 cm³/mol. The number of methoxy groups -OCH3 is 2. The van der Waals surface area contributed by atoms with E-state index in [-0.39, 0.29) is 0 Å². The van der Waals surface area contributed by atoms with Crippen LogP contribution in [0.4, 0.5) is 0 Å². The van der Waals surface area contributed by atoms with Gasteiger partial charge in [0.25, 0.3) is 0 Å². The molecule has 4 nitrogen and oxygen atoms in total. The lowest BCUT2D eigenvalue weighted by atomic mass is 10.0. The lowest BCUT2D eigenvalue weighted by Crippen LogP contribution is -2.23. The first-order valence-electron chi connectivity index (χ1n) is 5.96. The van der Waals surface area contributed by atoms with Gasteiger partial charge in [0.2, 0.25) is 0 Å². The molecular formula is C14H21NO3. The number of likely N-dealkylation sites (N-methyl/N-ethyl adjacent to an activating group) is 1. The van der Waals surface area contributed by atoms with Crippen LogP contribution in [-0.4, -0.2) is 45.5 Å². The molecule has 1 aromatic rings. The van der Waals surface area contributed by atoms with Crippen molar-refractivity contribution in [3.8, 4) is 11.5 Å². The molecule has 0 aliphatic carbocycles. The summed E-state index contributed by atoms with van der Waals surface area (Å²) in [5.74, 6) is 1.64. The largest absolute Gasteiger partial charge is 0.497 e. The van der Waals surface area contributed by atoms with Crippen LogP contribution in [0, 0.1) is 6.92 Å². The van der Waals surface area contributed by atoms with Crippen molar-refractivity contribution >= 4 is 6.29 Å². The average molecular weight is 251 g/mol. The molecule has 0 amide bonds. The second-order valence-corrected chi connectivity index (χ2v) is 4.30. The molecule has 1 aromatic carbocycles. The van der Waals surface area contributed by atoms with Crippen molar-refractivity contribution in [3.63, 3.8) is 0 Å². The Morgan fingerprint density at radius 1 is 1.28 bits per heavy atom. The van der Waals surface area contributed by atoms with Crippen LogP contribution in [0.1, 0.15) is 11.1 Å². The third-order valence-electron chi connectivity index (χ3n) is 2.99. The number of hydrogen-bond acceptors (Lipinski definition) is 4. The second kappa shape index (κ2) is 7.01. The zero-order chi connectivity index (χ0) is 13.5. The molecule has 0 N–H and O–H groups in total. The van der Waals surface area contributed by atoms with Gasteiger partial charge in [-0.1, -0.05) is 0 Å². The average Bonchev–Trinajstić information content (AvgIpc) is 2.36. The zero-order valence-electron chi connectivity index (χ0n) is 11.5. The number of nitrogens with zero attached hydrogens (tertiary/aromatic N) is 1. The van der Waals surface area contributed by atoms with Crippen LogP contribution >= 0.6 is 0 Å². The monoisotopic (exact) mass is 251 g/mol. The number of ether oxygens (including phenoxy) is 2. The molecule has 0 atom stereocenters. The SMILES string of the molecule is COc1cc(C)c(CCN(C)CC=O)c(OC)c1. The van der Waals surface area contributed by atoms with E-state index in [1.54, 1.807) is 14.2 Å². The van der Waals surface area contributed by atoms with Crippen molar-refractivity contribution in [2.24, 2.45) is 0 Å². The number of benzene rings is 1. The molecule has 18 heavy (non-hydrogen) atoms. The van der Waals surface area contributed by atoms with Crippen molar-refractivity contribution in [3.05, 3.63) is 23.3 Å². The second-order valence-electron chi connectivity index (χ2n) is 4.30. The van der Waals surface area contributed by atoms with Crippen LogP contribution in [0.15, 0.2) is 12.1 Å². The lowest BCUT2D eigenvalue weighted by Gasteiger charge is -2.17. The van der Waals surface area contributed by atoms with Gasteiger partial charge in [0.1, 0.15) is 17.8 Å². The molecule has 0 saturated carbocycles. The van der Waals surface area contributed by atoms with Crippen LogP contribution in [0.2, 0.25) is 0 Å². The maximum Gasteiger partial charge on any atom is 0.133 e. The molecule has 1 rings (SSSR count). The van der Waals surface area contributed by atoms with Gasteiger partial charge < -0.3 is 14.3 Å². The van der Waals surface area contributed by atoms with Crippen LogP contribution < -0.4 is 9.47 Å². The van der Waals surface area contributed by atoms with Crippen LogP contribution in [0.5, 0.6) is 11.5 Å². The van der Waals surface area contributed by atoms with Crippen molar-refractivity contribution < 1.29 is 14.3 Å². The van der Waals surface area contributed by atoms with E-state index in [0.29, 0.717) is 6.54 Å². The maximum atomic E-state index is 10.4. The van der Waals surface area contributed by atoms with E-state index in [1.807, 2.05) is 31.0 Å². The summed E-state index contributed by atoms with van der Waals surface area (Å²) in [6.45, 7) is 3.32. The number of aldehydes is 1. The molecule has 4 heteroatoms. The van der Waals surface area contributed by atoms with E-state index in [2.05, 4.69) is 0 Å². The Hall–Kier alpha value is -1.55. The van der Waals surface area contributed by atoms with Crippen molar-refractivity contribution in [2.75, 3.05) is 34.4 Å². The molecule has 0 unspecified atom stereocenters. The van der Waals surface area contributed by atoms with Crippen LogP contribution in [-0.2, 0) is 11.2 Å². The van der Waals surface area contributed by atoms with Crippen molar-refractivity contribution in [2.45, 2.75) is 13.3 Å². The van der Waals surface area contributed by atoms with E-state index in [0.717, 1.165) is 41.9 Å². The summed E-state index contributed by atoms with van der Waals surface area (Å²) in [6, 6.07) is 3.89. The normalized spacial score (nSPS) is 10.5. The first-order chi connectivity index (χ1) is 8.62. The number of rotatable bonds is 7. The third-order valence-corrected chi connectivity index (χ3v) is 2.99. The zero-order valence-corrected chi connectivity index (χ0v) is 11.5. The van der Waals surface area contributed by atoms with Gasteiger partial charge in [-0.2, -0.15) is 0 Å². The Balaban J connectivity index is 2.84. The van der Waals surface area contributed by atoms with Gasteiger partial charge in [-0.3, -0.25) is 4.90 Å². The molecule has 0 radical (unpaired) electrons. The Labute approximate surface area is 108 Å². The Kier molecular flexibility index (Phi) is 5.65. The number of carbonyl (C=O) groups is 1. The topological polar surface area (TPSA) is 38.8 Å². The molecule has 0 aliphatic rings. The summed E-state index contributed by atoms with van der Waals surface area (Å²) in [5.41, 5.74) is 2.31. The fourth-order valence-electron chi connectivity index (χ4n) is 1.89. The van der Waals surface area contributed by atoms with Gasteiger partial charge >= 0.3 is 0 Å². The number of carbonyl (C=O) groups excluding carboxylic acids is 1. The van der Waals surface area contributed by atoms with E-state index in [1.165, 1.54) is 0 Å². The number of aryl methyl sites for hydroxylation is 1. The Morgan fingerprint density at radius 3 is 2.56 bits per heavy atom. The van der Waals surface area contributed by atoms with Gasteiger partial charge in [0, 0.05) is 12.6 Å². The minimum atomic E-state index is 0.456. The van der Waals surface area contributed by atoms with Gasteiger partial charge in [-0.25, -0.2) is 0 Å². The summed E-state index contributed by atoms with van der Waals surface area (Å²) in [7, 11) is 5.23. The smallest absolute Gasteiger partial charge is 0.133 e. The Bertz CT molecular complexity index is 404. The van der Waals surface area contributed by atoms with E-state index < -0.39 is 0 Å². The summed E-state index contributed by atoms with van der Waals surface area (Å²) < 4.78 is 10.6. The molecule has 0 spiro atoms. The fraction of sp³-hybridized carbons (Fsp3) is 0.500. The van der Waals surface area contributed by atoms with Crippen LogP contribution in [0.3, 0.4) is 0 Å². The quantitative estimate of drug-likeness (QED) is 0.691. The highest BCUT2D eigenvalue weighted by Gasteiger charge is 2.10. The molecule has 0 aliphatic heterocycles. The lowest BCUT2D eigenvalue weighted by molar-refractivity contribution is -0.108. The summed E-state index contributed by atoms with van der Waals surface area (Å²) in [6.07, 6.45) is 1.77. The molecule has 0 fully saturated rings. The minimum Gasteiger partial charge on any atom is -0.497 e. The van der Waals surface area contributed by atoms with Gasteiger partial charge in [-0.05, 0) is 37.6 Å². The predicted octanol–water partition coefficient (Wildman–Crippen LogP) is 1.69. The van der Waals surface area contributed by atoms with Crippen LogP contribution in [0.25, 0.3) is 0 Å². The first-order valence-corrected chi connectivity index (χ1v) is 5.96. The standard InChI is InChI=1S/C14H21NO3/c1-11-9-12(17-3)10-14(18-4)13(11)5-6-15(2)7-8-16/h8-10H,5-7H2,1-4H3. The highest BCUT2D eigenvalue weighted by Crippen LogP contribution is 2.28. The van der Waals surface area contributed by atoms with Crippen molar-refractivity contribution in [1.29, 1.82) is 0 Å².